The van der Waals surface area contributed by atoms with Gasteiger partial charge in [-0.1, -0.05) is 60.7 Å². The summed E-state index contributed by atoms with van der Waals surface area (Å²) in [5.74, 6) is -1.67. The lowest BCUT2D eigenvalue weighted by Gasteiger charge is -2.25. The Morgan fingerprint density at radius 2 is 1.50 bits per heavy atom. The van der Waals surface area contributed by atoms with E-state index in [-0.39, 0.29) is 24.9 Å². The highest BCUT2D eigenvalue weighted by atomic mass is 16.6. The first-order chi connectivity index (χ1) is 20.9. The Labute approximate surface area is 257 Å². The average molecular weight is 602 g/mol. The van der Waals surface area contributed by atoms with E-state index in [1.165, 1.54) is 7.05 Å². The molecule has 1 unspecified atom stereocenters. The van der Waals surface area contributed by atoms with Gasteiger partial charge >= 0.3 is 18.2 Å². The maximum Gasteiger partial charge on any atom is 0.410 e. The molecule has 10 nitrogen and oxygen atoms in total. The molecule has 3 aromatic carbocycles. The van der Waals surface area contributed by atoms with Crippen LogP contribution in [0, 0.1) is 0 Å². The smallest absolute Gasteiger partial charge is 0.410 e. The van der Waals surface area contributed by atoms with Crippen molar-refractivity contribution in [3.05, 3.63) is 95.1 Å². The Hall–Kier alpha value is -4.86. The third kappa shape index (κ3) is 8.15. The molecular formula is C34H39N3O7. The standard InChI is InChI=1S/C34H39N3O7/c1-34(2,3)44-32(41)36-18-10-17-35-30(38)23-12-9-11-22(19-23)20-29(31(39)40)37(4)33(42)43-21-28-26-15-7-5-13-24(26)25-14-6-8-16-27(25)28/h5-9,11-16,19,28-29H,10,17-18,20-21H2,1-4H3,(H,35,38)(H,36,41)(H,39,40). The van der Waals surface area contributed by atoms with Gasteiger partial charge in [0, 0.05) is 38.0 Å². The average Bonchev–Trinajstić information content (AvgIpc) is 3.30. The minimum Gasteiger partial charge on any atom is -0.480 e. The number of nitrogens with zero attached hydrogens (tertiary/aromatic N) is 1. The molecule has 1 aliphatic carbocycles. The number of alkyl carbamates (subject to hydrolysis) is 1. The number of amides is 3. The fourth-order valence-electron chi connectivity index (χ4n) is 5.17. The molecule has 3 aromatic rings. The number of carbonyl (C=O) groups excluding carboxylic acids is 3. The van der Waals surface area contributed by atoms with Crippen molar-refractivity contribution in [3.8, 4) is 11.1 Å². The van der Waals surface area contributed by atoms with Crippen molar-refractivity contribution >= 4 is 24.1 Å². The number of benzene rings is 3. The Balaban J connectivity index is 1.31. The predicted octanol–water partition coefficient (Wildman–Crippen LogP) is 5.21. The van der Waals surface area contributed by atoms with Gasteiger partial charge in [0.2, 0.25) is 0 Å². The predicted molar refractivity (Wildman–Crippen MR) is 166 cm³/mol. The van der Waals surface area contributed by atoms with Crippen LogP contribution in [0.3, 0.4) is 0 Å². The summed E-state index contributed by atoms with van der Waals surface area (Å²) in [6.45, 7) is 6.06. The van der Waals surface area contributed by atoms with Gasteiger partial charge in [0.1, 0.15) is 18.2 Å². The van der Waals surface area contributed by atoms with E-state index in [9.17, 15) is 24.3 Å². The van der Waals surface area contributed by atoms with Crippen molar-refractivity contribution in [1.82, 2.24) is 15.5 Å². The molecule has 3 amide bonds. The van der Waals surface area contributed by atoms with Gasteiger partial charge in [-0.25, -0.2) is 14.4 Å². The van der Waals surface area contributed by atoms with Crippen LogP contribution in [0.25, 0.3) is 11.1 Å². The summed E-state index contributed by atoms with van der Waals surface area (Å²) in [6, 6.07) is 21.4. The van der Waals surface area contributed by atoms with Crippen molar-refractivity contribution in [2.75, 3.05) is 26.7 Å². The quantitative estimate of drug-likeness (QED) is 0.257. The fourth-order valence-corrected chi connectivity index (χ4v) is 5.17. The fraction of sp³-hybridized carbons (Fsp3) is 0.353. The van der Waals surface area contributed by atoms with Crippen LogP contribution >= 0.6 is 0 Å². The molecule has 0 aromatic heterocycles. The van der Waals surface area contributed by atoms with E-state index in [1.54, 1.807) is 45.0 Å². The topological polar surface area (TPSA) is 134 Å². The molecule has 0 saturated heterocycles. The maximum absolute atomic E-state index is 13.1. The number of likely N-dealkylation sites (N-methyl/N-ethyl adjacent to an activating group) is 1. The molecule has 3 N–H and O–H groups in total. The van der Waals surface area contributed by atoms with E-state index in [2.05, 4.69) is 10.6 Å². The second kappa shape index (κ2) is 14.1. The summed E-state index contributed by atoms with van der Waals surface area (Å²) in [4.78, 5) is 50.8. The third-order valence-electron chi connectivity index (χ3n) is 7.30. The highest BCUT2D eigenvalue weighted by Gasteiger charge is 2.32. The molecule has 0 bridgehead atoms. The van der Waals surface area contributed by atoms with Crippen molar-refractivity contribution in [2.24, 2.45) is 0 Å². The molecule has 4 rings (SSSR count). The molecule has 232 valence electrons. The molecule has 44 heavy (non-hydrogen) atoms. The summed E-state index contributed by atoms with van der Waals surface area (Å²) in [7, 11) is 1.40. The Morgan fingerprint density at radius 1 is 0.886 bits per heavy atom. The van der Waals surface area contributed by atoms with Crippen molar-refractivity contribution in [1.29, 1.82) is 0 Å². The number of carboxylic acid groups (broad SMARTS) is 1. The van der Waals surface area contributed by atoms with Crippen LogP contribution in [0.4, 0.5) is 9.59 Å². The molecule has 1 atom stereocenters. The molecular weight excluding hydrogens is 562 g/mol. The summed E-state index contributed by atoms with van der Waals surface area (Å²) in [5, 5.41) is 15.4. The van der Waals surface area contributed by atoms with Gasteiger partial charge < -0.3 is 25.2 Å². The number of hydrogen-bond donors (Lipinski definition) is 3. The van der Waals surface area contributed by atoms with Crippen LogP contribution in [-0.2, 0) is 20.7 Å². The van der Waals surface area contributed by atoms with Gasteiger partial charge in [-0.3, -0.25) is 9.69 Å². The molecule has 0 heterocycles. The van der Waals surface area contributed by atoms with E-state index in [0.29, 0.717) is 30.6 Å². The maximum atomic E-state index is 13.1. The van der Waals surface area contributed by atoms with Gasteiger partial charge in [0.25, 0.3) is 5.91 Å². The highest BCUT2D eigenvalue weighted by Crippen LogP contribution is 2.44. The van der Waals surface area contributed by atoms with Crippen LogP contribution in [0.5, 0.6) is 0 Å². The number of rotatable bonds is 11. The van der Waals surface area contributed by atoms with Crippen LogP contribution in [0.2, 0.25) is 0 Å². The molecule has 0 radical (unpaired) electrons. The number of carbonyl (C=O) groups is 4. The van der Waals surface area contributed by atoms with Crippen molar-refractivity contribution in [2.45, 2.75) is 51.2 Å². The summed E-state index contributed by atoms with van der Waals surface area (Å²) in [6.07, 6.45) is -0.783. The summed E-state index contributed by atoms with van der Waals surface area (Å²) >= 11 is 0. The van der Waals surface area contributed by atoms with Crippen LogP contribution < -0.4 is 10.6 Å². The highest BCUT2D eigenvalue weighted by molar-refractivity contribution is 5.94. The second-order valence-corrected chi connectivity index (χ2v) is 11.7. The number of nitrogens with one attached hydrogen (secondary N) is 2. The minimum atomic E-state index is -1.21. The number of ether oxygens (including phenoxy) is 2. The van der Waals surface area contributed by atoms with Crippen LogP contribution in [-0.4, -0.2) is 72.5 Å². The molecule has 0 fully saturated rings. The first kappa shape index (κ1) is 32.1. The van der Waals surface area contributed by atoms with E-state index < -0.39 is 29.8 Å². The normalized spacial score (nSPS) is 12.8. The lowest BCUT2D eigenvalue weighted by atomic mass is 9.98. The molecule has 1 aliphatic rings. The lowest BCUT2D eigenvalue weighted by molar-refractivity contribution is -0.142. The SMILES string of the molecule is CN(C(=O)OCC1c2ccccc2-c2ccccc21)C(Cc1cccc(C(=O)NCCCNC(=O)OC(C)(C)C)c1)C(=O)O. The number of hydrogen-bond acceptors (Lipinski definition) is 6. The van der Waals surface area contributed by atoms with Gasteiger partial charge in [-0.15, -0.1) is 0 Å². The molecule has 0 spiro atoms. The first-order valence-electron chi connectivity index (χ1n) is 14.6. The van der Waals surface area contributed by atoms with Crippen molar-refractivity contribution < 1.29 is 33.8 Å². The first-order valence-corrected chi connectivity index (χ1v) is 14.6. The third-order valence-corrected chi connectivity index (χ3v) is 7.30. The van der Waals surface area contributed by atoms with Gasteiger partial charge in [0.05, 0.1) is 0 Å². The zero-order valence-electron chi connectivity index (χ0n) is 25.5. The summed E-state index contributed by atoms with van der Waals surface area (Å²) in [5.41, 5.74) is 4.67. The second-order valence-electron chi connectivity index (χ2n) is 11.7. The van der Waals surface area contributed by atoms with Gasteiger partial charge in [-0.05, 0) is 67.1 Å². The number of fused-ring (bicyclic) bond motifs is 3. The number of carboxylic acids is 1. The number of aliphatic carboxylic acids is 1. The van der Waals surface area contributed by atoms with E-state index in [0.717, 1.165) is 27.2 Å². The molecule has 0 aliphatic heterocycles. The molecule has 10 heteroatoms. The van der Waals surface area contributed by atoms with Gasteiger partial charge in [0.15, 0.2) is 0 Å². The zero-order valence-corrected chi connectivity index (χ0v) is 25.5. The Morgan fingerprint density at radius 3 is 2.11 bits per heavy atom. The van der Waals surface area contributed by atoms with Gasteiger partial charge in [-0.2, -0.15) is 0 Å². The largest absolute Gasteiger partial charge is 0.480 e. The van der Waals surface area contributed by atoms with Crippen LogP contribution in [0.15, 0.2) is 72.8 Å². The Bertz CT molecular complexity index is 1470. The minimum absolute atomic E-state index is 0.0169. The van der Waals surface area contributed by atoms with E-state index in [1.807, 2.05) is 48.5 Å². The zero-order chi connectivity index (χ0) is 31.9. The monoisotopic (exact) mass is 601 g/mol. The lowest BCUT2D eigenvalue weighted by Crippen LogP contribution is -2.44. The van der Waals surface area contributed by atoms with E-state index >= 15 is 0 Å². The Kier molecular flexibility index (Phi) is 10.3. The van der Waals surface area contributed by atoms with Crippen LogP contribution in [0.1, 0.15) is 60.2 Å². The van der Waals surface area contributed by atoms with Crippen molar-refractivity contribution in [3.63, 3.8) is 0 Å². The van der Waals surface area contributed by atoms with E-state index in [4.69, 9.17) is 9.47 Å². The summed E-state index contributed by atoms with van der Waals surface area (Å²) < 4.78 is 10.8. The molecule has 0 saturated carbocycles.